The van der Waals surface area contributed by atoms with E-state index in [2.05, 4.69) is 54.5 Å². The van der Waals surface area contributed by atoms with E-state index in [0.717, 1.165) is 45.4 Å². The molecule has 4 saturated carbocycles. The van der Waals surface area contributed by atoms with Crippen molar-refractivity contribution in [2.75, 3.05) is 19.8 Å². The quantitative estimate of drug-likeness (QED) is 0.0748. The van der Waals surface area contributed by atoms with Crippen LogP contribution in [0.2, 0.25) is 0 Å². The van der Waals surface area contributed by atoms with Gasteiger partial charge in [-0.1, -0.05) is 60.1 Å². The lowest BCUT2D eigenvalue weighted by atomic mass is 9.33. The molecule has 0 aromatic heterocycles. The Bertz CT molecular complexity index is 2160. The van der Waals surface area contributed by atoms with Crippen LogP contribution in [-0.2, 0) is 52.2 Å². The summed E-state index contributed by atoms with van der Waals surface area (Å²) in [6.07, 6.45) is -20.1. The third-order valence-electron chi connectivity index (χ3n) is 21.2. The fourth-order valence-electron chi connectivity index (χ4n) is 16.3. The molecule has 5 aliphatic carbocycles. The van der Waals surface area contributed by atoms with Gasteiger partial charge in [-0.2, -0.15) is 0 Å². The maximum atomic E-state index is 15.2. The first-order chi connectivity index (χ1) is 35.9. The molecular formula is C55H88O22. The molecule has 22 heteroatoms. The lowest BCUT2D eigenvalue weighted by molar-refractivity contribution is -0.361. The molecule has 0 amide bonds. The van der Waals surface area contributed by atoms with Gasteiger partial charge in [0.25, 0.3) is 0 Å². The molecule has 4 aliphatic heterocycles. The molecule has 4 heterocycles. The predicted octanol–water partition coefficient (Wildman–Crippen LogP) is 0.202. The number of carbonyl (C=O) groups is 2. The Morgan fingerprint density at radius 3 is 1.96 bits per heavy atom. The minimum atomic E-state index is -1.90. The number of aliphatic hydroxyl groups excluding tert-OH is 11. The summed E-state index contributed by atoms with van der Waals surface area (Å²) in [6.45, 7) is 17.4. The van der Waals surface area contributed by atoms with E-state index in [1.54, 1.807) is 0 Å². The Hall–Kier alpha value is -2.04. The van der Waals surface area contributed by atoms with E-state index < -0.39 is 147 Å². The standard InChI is InChI=1S/C55H88O22/c1-24-34(58)37(61)41(65)47(72-24)76-44-30(23-69-25(2)56)74-45(43(67)39(44)63)71-22-29-36(60)38(62)42(66)48(73-29)77-49(68)55-18-16-50(3,4)20-27(55)26-10-11-32-52(7)14-13-33(75-46-40(64)35(59)28(57)21-70-46)51(5,6)31(52)12-15-54(32,9)53(26,8)17-19-55/h10,24,27-48,57-67H,11-23H2,1-9H3/t24-,27-,28-,29+,30+,31-,32+,33-,34-,35-,36+,37+,38-,39+,40+,41+,42+,43+,44+,45+,46-,47-,48-,52-,53+,54+,55-/m0/s1. The number of rotatable bonds is 11. The first-order valence-electron chi connectivity index (χ1n) is 28.0. The van der Waals surface area contributed by atoms with E-state index in [1.165, 1.54) is 12.5 Å². The van der Waals surface area contributed by atoms with Crippen LogP contribution >= 0.6 is 0 Å². The maximum Gasteiger partial charge on any atom is 0.315 e. The van der Waals surface area contributed by atoms with Gasteiger partial charge in [-0.05, 0) is 116 Å². The molecule has 11 N–H and O–H groups in total. The zero-order chi connectivity index (χ0) is 56.3. The highest BCUT2D eigenvalue weighted by molar-refractivity contribution is 5.79. The van der Waals surface area contributed by atoms with E-state index in [0.29, 0.717) is 31.6 Å². The van der Waals surface area contributed by atoms with Gasteiger partial charge in [0.15, 0.2) is 18.9 Å². The largest absolute Gasteiger partial charge is 0.463 e. The van der Waals surface area contributed by atoms with Gasteiger partial charge in [0, 0.05) is 6.92 Å². The van der Waals surface area contributed by atoms with Crippen molar-refractivity contribution in [3.63, 3.8) is 0 Å². The monoisotopic (exact) mass is 1100 g/mol. The van der Waals surface area contributed by atoms with Gasteiger partial charge in [-0.15, -0.1) is 0 Å². The lowest BCUT2D eigenvalue weighted by Crippen LogP contribution is -2.66. The molecule has 4 saturated heterocycles. The van der Waals surface area contributed by atoms with Gasteiger partial charge in [0.1, 0.15) is 92.1 Å². The number of allylic oxidation sites excluding steroid dienone is 2. The van der Waals surface area contributed by atoms with Crippen molar-refractivity contribution in [1.82, 2.24) is 0 Å². The predicted molar refractivity (Wildman–Crippen MR) is 265 cm³/mol. The van der Waals surface area contributed by atoms with E-state index in [-0.39, 0.29) is 51.6 Å². The first kappa shape index (κ1) is 59.6. The minimum absolute atomic E-state index is 0.0866. The summed E-state index contributed by atoms with van der Waals surface area (Å²) in [7, 11) is 0. The summed E-state index contributed by atoms with van der Waals surface area (Å²) >= 11 is 0. The summed E-state index contributed by atoms with van der Waals surface area (Å²) in [5.41, 5.74) is -0.722. The maximum absolute atomic E-state index is 15.2. The fourth-order valence-corrected chi connectivity index (χ4v) is 16.3. The second-order valence-corrected chi connectivity index (χ2v) is 26.5. The van der Waals surface area contributed by atoms with Crippen LogP contribution in [0, 0.1) is 50.2 Å². The van der Waals surface area contributed by atoms with Crippen LogP contribution < -0.4 is 0 Å². The highest BCUT2D eigenvalue weighted by Crippen LogP contribution is 2.76. The Balaban J connectivity index is 0.898. The summed E-state index contributed by atoms with van der Waals surface area (Å²) < 4.78 is 52.7. The van der Waals surface area contributed by atoms with Gasteiger partial charge in [0.05, 0.1) is 30.8 Å². The number of fused-ring (bicyclic) bond motifs is 7. The topological polar surface area (TPSA) is 340 Å². The summed E-state index contributed by atoms with van der Waals surface area (Å²) in [4.78, 5) is 27.0. The number of hydrogen-bond acceptors (Lipinski definition) is 22. The van der Waals surface area contributed by atoms with Crippen LogP contribution in [0.25, 0.3) is 0 Å². The van der Waals surface area contributed by atoms with Gasteiger partial charge < -0.3 is 98.8 Å². The van der Waals surface area contributed by atoms with E-state index >= 15 is 4.79 Å². The molecule has 22 nitrogen and oxygen atoms in total. The van der Waals surface area contributed by atoms with Gasteiger partial charge in [-0.3, -0.25) is 9.59 Å². The van der Waals surface area contributed by atoms with E-state index in [9.17, 15) is 61.0 Å². The van der Waals surface area contributed by atoms with Crippen molar-refractivity contribution in [2.24, 2.45) is 50.2 Å². The molecule has 440 valence electrons. The average molecular weight is 1100 g/mol. The molecule has 8 fully saturated rings. The van der Waals surface area contributed by atoms with E-state index in [4.69, 9.17) is 42.6 Å². The second-order valence-electron chi connectivity index (χ2n) is 26.5. The number of ether oxygens (including phenoxy) is 9. The zero-order valence-electron chi connectivity index (χ0n) is 46.0. The van der Waals surface area contributed by atoms with E-state index in [1.807, 2.05) is 0 Å². The molecule has 0 aromatic rings. The van der Waals surface area contributed by atoms with Gasteiger partial charge in [0.2, 0.25) is 6.29 Å². The fraction of sp³-hybridized carbons (Fsp3) is 0.927. The third kappa shape index (κ3) is 10.2. The van der Waals surface area contributed by atoms with Crippen molar-refractivity contribution < 1.29 is 108 Å². The molecule has 0 unspecified atom stereocenters. The highest BCUT2D eigenvalue weighted by Gasteiger charge is 2.70. The van der Waals surface area contributed by atoms with Crippen molar-refractivity contribution in [3.05, 3.63) is 11.6 Å². The summed E-state index contributed by atoms with van der Waals surface area (Å²) in [5, 5.41) is 119. The van der Waals surface area contributed by atoms with Crippen molar-refractivity contribution >= 4 is 11.9 Å². The van der Waals surface area contributed by atoms with Gasteiger partial charge >= 0.3 is 11.9 Å². The van der Waals surface area contributed by atoms with Crippen molar-refractivity contribution in [1.29, 1.82) is 0 Å². The SMILES string of the molecule is CC(=O)OC[C@H]1O[C@@H](OC[C@H]2O[C@@H](OC(=O)[C@]34CCC(C)(C)C[C@H]3C3=CC[C@@H]5[C@@]6(C)CC[C@H](O[C@@H]7OC[C@H](O)[C@H](O)[C@H]7O)C(C)(C)[C@@H]6CC[C@@]5(C)[C@]3(C)CC4)[C@H](O)[C@@H](O)[C@@H]2O)[C@H](O)[C@@H](O)[C@@H]1O[C@@H]1O[C@@H](C)[C@H](O)[C@@H](O)[C@H]1O. The van der Waals surface area contributed by atoms with Crippen LogP contribution in [0.3, 0.4) is 0 Å². The number of carbonyl (C=O) groups excluding carboxylic acids is 2. The molecular weight excluding hydrogens is 1010 g/mol. The molecule has 0 spiro atoms. The molecule has 9 rings (SSSR count). The van der Waals surface area contributed by atoms with Crippen LogP contribution in [0.4, 0.5) is 0 Å². The Morgan fingerprint density at radius 1 is 0.623 bits per heavy atom. The normalized spacial score (nSPS) is 52.4. The number of esters is 2. The highest BCUT2D eigenvalue weighted by atomic mass is 16.8. The molecule has 0 radical (unpaired) electrons. The van der Waals surface area contributed by atoms with Crippen LogP contribution in [-0.4, -0.2) is 211 Å². The first-order valence-corrected chi connectivity index (χ1v) is 28.0. The smallest absolute Gasteiger partial charge is 0.315 e. The molecule has 27 atom stereocenters. The second kappa shape index (κ2) is 21.6. The Labute approximate surface area is 450 Å². The van der Waals surface area contributed by atoms with Crippen molar-refractivity contribution in [3.8, 4) is 0 Å². The van der Waals surface area contributed by atoms with Crippen LogP contribution in [0.5, 0.6) is 0 Å². The lowest BCUT2D eigenvalue weighted by Gasteiger charge is -2.71. The molecule has 77 heavy (non-hydrogen) atoms. The third-order valence-corrected chi connectivity index (χ3v) is 21.2. The molecule has 0 bridgehead atoms. The Morgan fingerprint density at radius 2 is 1.26 bits per heavy atom. The summed E-state index contributed by atoms with van der Waals surface area (Å²) in [5.74, 6) is -0.975. The van der Waals surface area contributed by atoms with Crippen LogP contribution in [0.15, 0.2) is 11.6 Å². The number of hydrogen-bond donors (Lipinski definition) is 11. The Kier molecular flexibility index (Phi) is 16.7. The zero-order valence-corrected chi connectivity index (χ0v) is 46.0. The van der Waals surface area contributed by atoms with Crippen molar-refractivity contribution in [2.45, 2.75) is 249 Å². The van der Waals surface area contributed by atoms with Crippen LogP contribution in [0.1, 0.15) is 127 Å². The molecule has 0 aromatic carbocycles. The minimum Gasteiger partial charge on any atom is -0.463 e. The van der Waals surface area contributed by atoms with Gasteiger partial charge in [-0.25, -0.2) is 0 Å². The number of aliphatic hydroxyl groups is 11. The summed E-state index contributed by atoms with van der Waals surface area (Å²) in [6, 6.07) is 0. The average Bonchev–Trinajstić information content (AvgIpc) is 3.51. The molecule has 9 aliphatic rings.